The van der Waals surface area contributed by atoms with Crippen LogP contribution in [0.4, 0.5) is 10.5 Å². The van der Waals surface area contributed by atoms with Crippen molar-refractivity contribution in [1.82, 2.24) is 5.32 Å². The normalized spacial score (nSPS) is 28.4. The number of carbonyl (C=O) groups excluding carboxylic acids is 1. The van der Waals surface area contributed by atoms with Crippen molar-refractivity contribution in [3.05, 3.63) is 65.7 Å². The van der Waals surface area contributed by atoms with Crippen molar-refractivity contribution >= 4 is 17.8 Å². The molecule has 2 aromatic carbocycles. The maximum Gasteiger partial charge on any atom is 0.322 e. The van der Waals surface area contributed by atoms with Crippen molar-refractivity contribution in [2.24, 2.45) is 17.8 Å². The molecule has 0 saturated heterocycles. The monoisotopic (exact) mass is 430 g/mol. The lowest BCUT2D eigenvalue weighted by molar-refractivity contribution is -0.0131. The fraction of sp³-hybridized carbons (Fsp3) is 0.464. The van der Waals surface area contributed by atoms with Crippen molar-refractivity contribution < 1.29 is 9.53 Å². The van der Waals surface area contributed by atoms with E-state index in [4.69, 9.17) is 4.74 Å². The quantitative estimate of drug-likeness (QED) is 0.586. The number of hydrogen-bond donors (Lipinski definition) is 1. The molecule has 4 saturated carbocycles. The van der Waals surface area contributed by atoms with E-state index in [1.54, 1.807) is 7.11 Å². The fourth-order valence-electron chi connectivity index (χ4n) is 6.73. The van der Waals surface area contributed by atoms with Crippen LogP contribution < -0.4 is 15.0 Å². The predicted molar refractivity (Wildman–Crippen MR) is 130 cm³/mol. The van der Waals surface area contributed by atoms with Gasteiger partial charge in [-0.25, -0.2) is 4.79 Å². The van der Waals surface area contributed by atoms with Crippen LogP contribution in [0.2, 0.25) is 0 Å². The summed E-state index contributed by atoms with van der Waals surface area (Å²) >= 11 is 0. The average Bonchev–Trinajstić information content (AvgIpc) is 2.77. The molecule has 4 fully saturated rings. The maximum absolute atomic E-state index is 13.7. The molecular weight excluding hydrogens is 396 g/mol. The van der Waals surface area contributed by atoms with E-state index in [2.05, 4.69) is 30.4 Å². The highest BCUT2D eigenvalue weighted by molar-refractivity contribution is 5.93. The van der Waals surface area contributed by atoms with Crippen molar-refractivity contribution in [3.8, 4) is 5.75 Å². The molecule has 4 bridgehead atoms. The molecule has 6 rings (SSSR count). The minimum atomic E-state index is -0.00635. The highest BCUT2D eigenvalue weighted by Gasteiger charge is 2.51. The molecule has 4 nitrogen and oxygen atoms in total. The predicted octanol–water partition coefficient (Wildman–Crippen LogP) is 6.28. The van der Waals surface area contributed by atoms with E-state index in [1.165, 1.54) is 19.3 Å². The van der Waals surface area contributed by atoms with Crippen molar-refractivity contribution in [3.63, 3.8) is 0 Å². The fourth-order valence-corrected chi connectivity index (χ4v) is 6.73. The van der Waals surface area contributed by atoms with Crippen LogP contribution in [0.3, 0.4) is 0 Å². The first-order valence-corrected chi connectivity index (χ1v) is 12.0. The molecule has 168 valence electrons. The summed E-state index contributed by atoms with van der Waals surface area (Å²) in [5, 5.41) is 3.55. The molecule has 0 atom stereocenters. The van der Waals surface area contributed by atoms with Crippen LogP contribution in [-0.2, 0) is 0 Å². The van der Waals surface area contributed by atoms with Gasteiger partial charge in [0.05, 0.1) is 7.11 Å². The second-order valence-electron chi connectivity index (χ2n) is 10.3. The zero-order valence-electron chi connectivity index (χ0n) is 19.2. The van der Waals surface area contributed by atoms with E-state index in [0.29, 0.717) is 6.54 Å². The van der Waals surface area contributed by atoms with Gasteiger partial charge in [-0.15, -0.1) is 0 Å². The summed E-state index contributed by atoms with van der Waals surface area (Å²) in [7, 11) is 1.67. The number of nitrogens with zero attached hydrogens (tertiary/aromatic N) is 1. The molecule has 2 aromatic rings. The van der Waals surface area contributed by atoms with Crippen molar-refractivity contribution in [2.45, 2.75) is 51.0 Å². The molecule has 0 aliphatic heterocycles. The van der Waals surface area contributed by atoms with Crippen LogP contribution in [0.1, 0.15) is 51.0 Å². The van der Waals surface area contributed by atoms with Crippen molar-refractivity contribution in [1.29, 1.82) is 0 Å². The lowest BCUT2D eigenvalue weighted by atomic mass is 9.53. The molecule has 32 heavy (non-hydrogen) atoms. The van der Waals surface area contributed by atoms with E-state index >= 15 is 0 Å². The standard InChI is InChI=1S/C28H34N2O2/c1-20(12-21-6-4-3-5-7-21)19-30(25-8-10-26(32-2)11-9-25)27(31)29-28-16-22-13-23(17-28)15-24(14-22)18-28/h3-12,22-24H,13-19H2,1-2H3,(H,29,31). The average molecular weight is 431 g/mol. The first-order chi connectivity index (χ1) is 15.5. The number of benzene rings is 2. The van der Waals surface area contributed by atoms with Gasteiger partial charge >= 0.3 is 6.03 Å². The molecule has 0 spiro atoms. The molecule has 1 N–H and O–H groups in total. The number of ether oxygens (including phenoxy) is 1. The van der Waals surface area contributed by atoms with Gasteiger partial charge in [-0.05, 0) is 93.0 Å². The Balaban J connectivity index is 1.38. The molecule has 0 unspecified atom stereocenters. The van der Waals surface area contributed by atoms with Gasteiger partial charge in [-0.1, -0.05) is 42.0 Å². The Hall–Kier alpha value is -2.75. The van der Waals surface area contributed by atoms with E-state index in [0.717, 1.165) is 59.6 Å². The van der Waals surface area contributed by atoms with Gasteiger partial charge in [0.15, 0.2) is 0 Å². The molecule has 0 heterocycles. The third-order valence-electron chi connectivity index (χ3n) is 7.66. The zero-order valence-corrected chi connectivity index (χ0v) is 19.2. The Morgan fingerprint density at radius 2 is 1.59 bits per heavy atom. The Bertz CT molecular complexity index is 945. The number of hydrogen-bond acceptors (Lipinski definition) is 2. The summed E-state index contributed by atoms with van der Waals surface area (Å²) in [5.41, 5.74) is 3.19. The molecule has 4 aliphatic carbocycles. The van der Waals surface area contributed by atoms with Gasteiger partial charge in [-0.2, -0.15) is 0 Å². The van der Waals surface area contributed by atoms with Crippen LogP contribution in [0.25, 0.3) is 6.08 Å². The first kappa shape index (κ1) is 21.1. The smallest absolute Gasteiger partial charge is 0.322 e. The summed E-state index contributed by atoms with van der Waals surface area (Å²) < 4.78 is 5.33. The molecule has 2 amide bonds. The van der Waals surface area contributed by atoms with Gasteiger partial charge in [-0.3, -0.25) is 4.90 Å². The van der Waals surface area contributed by atoms with E-state index in [-0.39, 0.29) is 11.6 Å². The summed E-state index contributed by atoms with van der Waals surface area (Å²) in [6.07, 6.45) is 9.73. The van der Waals surface area contributed by atoms with Crippen LogP contribution in [0.5, 0.6) is 5.75 Å². The SMILES string of the molecule is COc1ccc(N(CC(C)=Cc2ccccc2)C(=O)NC23CC4CC(CC(C4)C2)C3)cc1. The minimum Gasteiger partial charge on any atom is -0.497 e. The number of nitrogens with one attached hydrogen (secondary N) is 1. The summed E-state index contributed by atoms with van der Waals surface area (Å²) in [6.45, 7) is 2.65. The number of methoxy groups -OCH3 is 1. The van der Waals surface area contributed by atoms with Gasteiger partial charge < -0.3 is 10.1 Å². The lowest BCUT2D eigenvalue weighted by Gasteiger charge is -2.57. The van der Waals surface area contributed by atoms with Crippen LogP contribution in [0.15, 0.2) is 60.2 Å². The van der Waals surface area contributed by atoms with Gasteiger partial charge in [0.1, 0.15) is 5.75 Å². The first-order valence-electron chi connectivity index (χ1n) is 12.0. The van der Waals surface area contributed by atoms with E-state index < -0.39 is 0 Å². The second kappa shape index (κ2) is 8.65. The van der Waals surface area contributed by atoms with Gasteiger partial charge in [0, 0.05) is 17.8 Å². The largest absolute Gasteiger partial charge is 0.497 e. The second-order valence-corrected chi connectivity index (χ2v) is 10.3. The highest BCUT2D eigenvalue weighted by Crippen LogP contribution is 2.55. The number of rotatable bonds is 6. The van der Waals surface area contributed by atoms with Gasteiger partial charge in [0.2, 0.25) is 0 Å². The van der Waals surface area contributed by atoms with Crippen LogP contribution >= 0.6 is 0 Å². The van der Waals surface area contributed by atoms with Crippen molar-refractivity contribution in [2.75, 3.05) is 18.6 Å². The number of anilines is 1. The molecular formula is C28H34N2O2. The Morgan fingerprint density at radius 3 is 2.16 bits per heavy atom. The minimum absolute atomic E-state index is 0.00635. The number of urea groups is 1. The topological polar surface area (TPSA) is 41.6 Å². The third-order valence-corrected chi connectivity index (χ3v) is 7.66. The zero-order chi connectivity index (χ0) is 22.1. The molecule has 4 aliphatic rings. The summed E-state index contributed by atoms with van der Waals surface area (Å²) in [4.78, 5) is 15.6. The third kappa shape index (κ3) is 4.41. The highest BCUT2D eigenvalue weighted by atomic mass is 16.5. The number of carbonyl (C=O) groups is 1. The van der Waals surface area contributed by atoms with Crippen LogP contribution in [-0.4, -0.2) is 25.2 Å². The summed E-state index contributed by atoms with van der Waals surface area (Å²) in [6, 6.07) is 18.1. The van der Waals surface area contributed by atoms with Gasteiger partial charge in [0.25, 0.3) is 0 Å². The summed E-state index contributed by atoms with van der Waals surface area (Å²) in [5.74, 6) is 3.20. The maximum atomic E-state index is 13.7. The molecule has 0 radical (unpaired) electrons. The lowest BCUT2D eigenvalue weighted by Crippen LogP contribution is -2.62. The van der Waals surface area contributed by atoms with Crippen LogP contribution in [0, 0.1) is 17.8 Å². The Morgan fingerprint density at radius 1 is 1.00 bits per heavy atom. The Labute approximate surface area is 191 Å². The van der Waals surface area contributed by atoms with E-state index in [9.17, 15) is 4.79 Å². The molecule has 0 aromatic heterocycles. The van der Waals surface area contributed by atoms with E-state index in [1.807, 2.05) is 47.4 Å². The Kier molecular flexibility index (Phi) is 5.71. The number of amides is 2. The molecule has 4 heteroatoms.